The first kappa shape index (κ1) is 20.9. The van der Waals surface area contributed by atoms with Crippen molar-refractivity contribution in [2.45, 2.75) is 66.6 Å². The SMILES string of the molecule is C#CCO[C@@H]1OC(CO)[C@@H](S[C@@H]2OC(C)[C@H](O)[C@H](O)C2O)[C@H](O)C1O. The largest absolute Gasteiger partial charge is 0.394 e. The molecular formula is C15H24O9S. The summed E-state index contributed by atoms with van der Waals surface area (Å²) < 4.78 is 16.0. The molecule has 0 saturated carbocycles. The zero-order valence-electron chi connectivity index (χ0n) is 13.6. The van der Waals surface area contributed by atoms with E-state index in [0.29, 0.717) is 0 Å². The summed E-state index contributed by atoms with van der Waals surface area (Å²) in [6.07, 6.45) is -4.69. The topological polar surface area (TPSA) is 149 Å². The quantitative estimate of drug-likeness (QED) is 0.273. The van der Waals surface area contributed by atoms with Gasteiger partial charge in [-0.1, -0.05) is 5.92 Å². The number of aliphatic hydroxyl groups excluding tert-OH is 6. The van der Waals surface area contributed by atoms with Gasteiger partial charge in [0.1, 0.15) is 36.5 Å². The maximum atomic E-state index is 10.4. The van der Waals surface area contributed by atoms with Crippen LogP contribution < -0.4 is 0 Å². The molecule has 2 aliphatic rings. The molecule has 0 aliphatic carbocycles. The summed E-state index contributed by atoms with van der Waals surface area (Å²) >= 11 is 0.895. The number of hydrogen-bond acceptors (Lipinski definition) is 10. The Kier molecular flexibility index (Phi) is 7.48. The fourth-order valence-electron chi connectivity index (χ4n) is 2.77. The Hall–Kier alpha value is -0.450. The van der Waals surface area contributed by atoms with Crippen molar-refractivity contribution in [1.82, 2.24) is 0 Å². The molecule has 0 aromatic heterocycles. The number of ether oxygens (including phenoxy) is 3. The number of hydrogen-bond donors (Lipinski definition) is 6. The lowest BCUT2D eigenvalue weighted by atomic mass is 10.0. The summed E-state index contributed by atoms with van der Waals surface area (Å²) in [6.45, 7) is 0.903. The molecule has 9 nitrogen and oxygen atoms in total. The van der Waals surface area contributed by atoms with E-state index in [0.717, 1.165) is 11.8 Å². The molecule has 0 radical (unpaired) electrons. The van der Waals surface area contributed by atoms with Crippen LogP contribution in [0.1, 0.15) is 6.92 Å². The summed E-state index contributed by atoms with van der Waals surface area (Å²) in [6, 6.07) is 0. The van der Waals surface area contributed by atoms with E-state index in [1.54, 1.807) is 0 Å². The van der Waals surface area contributed by atoms with Crippen LogP contribution in [-0.2, 0) is 14.2 Å². The van der Waals surface area contributed by atoms with Gasteiger partial charge in [-0.2, -0.15) is 0 Å². The molecule has 0 bridgehead atoms. The van der Waals surface area contributed by atoms with E-state index in [-0.39, 0.29) is 6.61 Å². The van der Waals surface area contributed by atoms with Crippen LogP contribution in [0, 0.1) is 12.3 Å². The Bertz CT molecular complexity index is 470. The molecule has 2 saturated heterocycles. The standard InChI is InChI=1S/C15H24O9S/c1-3-4-22-14-11(20)10(19)13(7(5-16)24-14)25-15-12(21)9(18)8(17)6(2)23-15/h1,6-21H,4-5H2,2H3/t6?,7?,8-,9-,10+,11?,12?,13+,14+,15-/m0/s1. The monoisotopic (exact) mass is 380 g/mol. The zero-order valence-corrected chi connectivity index (χ0v) is 14.4. The van der Waals surface area contributed by atoms with Crippen LogP contribution in [0.25, 0.3) is 0 Å². The molecule has 2 aliphatic heterocycles. The highest BCUT2D eigenvalue weighted by atomic mass is 32.2. The molecule has 0 amide bonds. The molecule has 144 valence electrons. The van der Waals surface area contributed by atoms with E-state index in [2.05, 4.69) is 5.92 Å². The zero-order chi connectivity index (χ0) is 18.7. The first-order valence-electron chi connectivity index (χ1n) is 7.84. The number of terminal acetylenes is 1. The van der Waals surface area contributed by atoms with Crippen LogP contribution in [0.5, 0.6) is 0 Å². The van der Waals surface area contributed by atoms with Crippen molar-refractivity contribution >= 4 is 11.8 Å². The van der Waals surface area contributed by atoms with E-state index in [9.17, 15) is 30.6 Å². The number of aliphatic hydroxyl groups is 6. The Morgan fingerprint density at radius 1 is 1.00 bits per heavy atom. The van der Waals surface area contributed by atoms with Gasteiger partial charge in [-0.05, 0) is 6.92 Å². The summed E-state index contributed by atoms with van der Waals surface area (Å²) in [5, 5.41) is 58.8. The van der Waals surface area contributed by atoms with E-state index in [4.69, 9.17) is 20.6 Å². The maximum Gasteiger partial charge on any atom is 0.187 e. The number of thioether (sulfide) groups is 1. The van der Waals surface area contributed by atoms with Crippen molar-refractivity contribution in [2.24, 2.45) is 0 Å². The predicted molar refractivity (Wildman–Crippen MR) is 86.3 cm³/mol. The smallest absolute Gasteiger partial charge is 0.187 e. The van der Waals surface area contributed by atoms with E-state index in [1.807, 2.05) is 0 Å². The lowest BCUT2D eigenvalue weighted by Gasteiger charge is -2.45. The maximum absolute atomic E-state index is 10.4. The van der Waals surface area contributed by atoms with Crippen LogP contribution in [0.3, 0.4) is 0 Å². The second-order valence-electron chi connectivity index (χ2n) is 6.00. The van der Waals surface area contributed by atoms with Gasteiger partial charge in [0.2, 0.25) is 0 Å². The van der Waals surface area contributed by atoms with Crippen molar-refractivity contribution < 1.29 is 44.8 Å². The minimum Gasteiger partial charge on any atom is -0.394 e. The second kappa shape index (κ2) is 8.96. The molecule has 0 aromatic carbocycles. The molecule has 2 fully saturated rings. The van der Waals surface area contributed by atoms with Gasteiger partial charge in [0.05, 0.1) is 30.2 Å². The summed E-state index contributed by atoms with van der Waals surface area (Å²) in [4.78, 5) is 0. The predicted octanol–water partition coefficient (Wildman–Crippen LogP) is -3.00. The van der Waals surface area contributed by atoms with Crippen molar-refractivity contribution in [3.63, 3.8) is 0 Å². The molecular weight excluding hydrogens is 356 g/mol. The molecule has 4 unspecified atom stereocenters. The lowest BCUT2D eigenvalue weighted by Crippen LogP contribution is -2.60. The van der Waals surface area contributed by atoms with Gasteiger partial charge < -0.3 is 44.8 Å². The van der Waals surface area contributed by atoms with Gasteiger partial charge in [-0.15, -0.1) is 18.2 Å². The minimum absolute atomic E-state index is 0.142. The highest BCUT2D eigenvalue weighted by Crippen LogP contribution is 2.37. The van der Waals surface area contributed by atoms with Gasteiger partial charge in [0, 0.05) is 0 Å². The van der Waals surface area contributed by atoms with Crippen molar-refractivity contribution in [2.75, 3.05) is 13.2 Å². The molecule has 2 rings (SSSR count). The lowest BCUT2D eigenvalue weighted by molar-refractivity contribution is -0.264. The Balaban J connectivity index is 2.08. The highest BCUT2D eigenvalue weighted by Gasteiger charge is 2.49. The van der Waals surface area contributed by atoms with Crippen molar-refractivity contribution in [3.8, 4) is 12.3 Å². The average molecular weight is 380 g/mol. The molecule has 10 atom stereocenters. The van der Waals surface area contributed by atoms with Crippen molar-refractivity contribution in [3.05, 3.63) is 0 Å². The molecule has 25 heavy (non-hydrogen) atoms. The summed E-state index contributed by atoms with van der Waals surface area (Å²) in [5.74, 6) is 2.21. The third-order valence-corrected chi connectivity index (χ3v) is 5.81. The molecule has 6 N–H and O–H groups in total. The van der Waals surface area contributed by atoms with Crippen LogP contribution in [-0.4, -0.2) is 104 Å². The highest BCUT2D eigenvalue weighted by molar-refractivity contribution is 8.00. The van der Waals surface area contributed by atoms with Gasteiger partial charge in [-0.25, -0.2) is 0 Å². The summed E-state index contributed by atoms with van der Waals surface area (Å²) in [5.41, 5.74) is -0.999. The normalized spacial score (nSPS) is 48.1. The molecule has 10 heteroatoms. The van der Waals surface area contributed by atoms with E-state index in [1.165, 1.54) is 6.92 Å². The summed E-state index contributed by atoms with van der Waals surface area (Å²) in [7, 11) is 0. The van der Waals surface area contributed by atoms with Gasteiger partial charge >= 0.3 is 0 Å². The Morgan fingerprint density at radius 3 is 2.28 bits per heavy atom. The van der Waals surface area contributed by atoms with Crippen LogP contribution in [0.4, 0.5) is 0 Å². The molecule has 0 spiro atoms. The number of rotatable bonds is 5. The van der Waals surface area contributed by atoms with Gasteiger partial charge in [0.15, 0.2) is 6.29 Å². The third-order valence-electron chi connectivity index (χ3n) is 4.25. The van der Waals surface area contributed by atoms with E-state index >= 15 is 0 Å². The Labute approximate surface area is 149 Å². The second-order valence-corrected chi connectivity index (χ2v) is 7.28. The minimum atomic E-state index is -1.43. The first-order chi connectivity index (χ1) is 11.8. The average Bonchev–Trinajstić information content (AvgIpc) is 2.60. The molecule has 2 heterocycles. The van der Waals surface area contributed by atoms with Gasteiger partial charge in [0.25, 0.3) is 0 Å². The van der Waals surface area contributed by atoms with Crippen LogP contribution in [0.2, 0.25) is 0 Å². The third kappa shape index (κ3) is 4.45. The van der Waals surface area contributed by atoms with E-state index < -0.39 is 66.3 Å². The van der Waals surface area contributed by atoms with Crippen LogP contribution >= 0.6 is 11.8 Å². The molecule has 0 aromatic rings. The first-order valence-corrected chi connectivity index (χ1v) is 8.78. The fourth-order valence-corrected chi connectivity index (χ4v) is 4.29. The van der Waals surface area contributed by atoms with Crippen molar-refractivity contribution in [1.29, 1.82) is 0 Å². The van der Waals surface area contributed by atoms with Crippen LogP contribution in [0.15, 0.2) is 0 Å². The Morgan fingerprint density at radius 2 is 1.68 bits per heavy atom. The van der Waals surface area contributed by atoms with Gasteiger partial charge in [-0.3, -0.25) is 0 Å². The fraction of sp³-hybridized carbons (Fsp3) is 0.867.